The molecule has 53 valence electrons. The molecule has 1 unspecified atom stereocenters. The number of ether oxygens (including phenoxy) is 1. The van der Waals surface area contributed by atoms with Crippen molar-refractivity contribution in [3.8, 4) is 0 Å². The number of alkyl halides is 3. The Hall–Kier alpha value is -0.250. The molecule has 1 fully saturated rings. The third-order valence-electron chi connectivity index (χ3n) is 1.12. The molecule has 0 saturated carbocycles. The molecule has 9 heavy (non-hydrogen) atoms. The van der Waals surface area contributed by atoms with Crippen LogP contribution in [0.2, 0.25) is 0 Å². The highest BCUT2D eigenvalue weighted by Gasteiger charge is 2.42. The fraction of sp³-hybridized carbons (Fsp3) is 0.800. The lowest BCUT2D eigenvalue weighted by Crippen LogP contribution is -2.27. The van der Waals surface area contributed by atoms with Gasteiger partial charge in [-0.05, 0) is 6.42 Å². The Morgan fingerprint density at radius 2 is 2.11 bits per heavy atom. The normalized spacial score (nSPS) is 29.0. The molecule has 0 aromatic carbocycles. The SMILES string of the molecule is FC(F)(F)C1[CH]CCO1. The Bertz CT molecular complexity index is 92.9. The Kier molecular flexibility index (Phi) is 1.66. The van der Waals surface area contributed by atoms with Gasteiger partial charge < -0.3 is 4.74 Å². The summed E-state index contributed by atoms with van der Waals surface area (Å²) in [7, 11) is 0. The zero-order chi connectivity index (χ0) is 6.91. The van der Waals surface area contributed by atoms with E-state index >= 15 is 0 Å². The van der Waals surface area contributed by atoms with Crippen LogP contribution in [-0.4, -0.2) is 18.9 Å². The van der Waals surface area contributed by atoms with Crippen molar-refractivity contribution in [2.24, 2.45) is 0 Å². The van der Waals surface area contributed by atoms with Crippen LogP contribution in [0.3, 0.4) is 0 Å². The van der Waals surface area contributed by atoms with E-state index in [4.69, 9.17) is 0 Å². The van der Waals surface area contributed by atoms with Crippen LogP contribution in [0.25, 0.3) is 0 Å². The van der Waals surface area contributed by atoms with Crippen LogP contribution < -0.4 is 0 Å². The number of hydrogen-bond donors (Lipinski definition) is 0. The van der Waals surface area contributed by atoms with Gasteiger partial charge in [0.25, 0.3) is 0 Å². The van der Waals surface area contributed by atoms with E-state index in [9.17, 15) is 13.2 Å². The van der Waals surface area contributed by atoms with Crippen LogP contribution in [0.5, 0.6) is 0 Å². The molecule has 1 heterocycles. The van der Waals surface area contributed by atoms with Crippen LogP contribution in [0.15, 0.2) is 0 Å². The highest BCUT2D eigenvalue weighted by Crippen LogP contribution is 2.28. The number of rotatable bonds is 0. The Balaban J connectivity index is 2.42. The maximum absolute atomic E-state index is 11.6. The smallest absolute Gasteiger partial charge is 0.368 e. The lowest BCUT2D eigenvalue weighted by Gasteiger charge is -2.11. The lowest BCUT2D eigenvalue weighted by atomic mass is 10.2. The van der Waals surface area contributed by atoms with Crippen molar-refractivity contribution in [2.45, 2.75) is 18.7 Å². The molecule has 1 rings (SSSR count). The van der Waals surface area contributed by atoms with Gasteiger partial charge in [-0.25, -0.2) is 0 Å². The number of hydrogen-bond acceptors (Lipinski definition) is 1. The van der Waals surface area contributed by atoms with Crippen molar-refractivity contribution in [1.82, 2.24) is 0 Å². The summed E-state index contributed by atoms with van der Waals surface area (Å²) in [6, 6.07) is 0. The van der Waals surface area contributed by atoms with Gasteiger partial charge in [0.15, 0.2) is 6.10 Å². The van der Waals surface area contributed by atoms with Crippen molar-refractivity contribution in [1.29, 1.82) is 0 Å². The van der Waals surface area contributed by atoms with E-state index < -0.39 is 12.3 Å². The van der Waals surface area contributed by atoms with Gasteiger partial charge in [-0.1, -0.05) is 0 Å². The van der Waals surface area contributed by atoms with Crippen molar-refractivity contribution < 1.29 is 17.9 Å². The first-order valence-electron chi connectivity index (χ1n) is 2.62. The van der Waals surface area contributed by atoms with E-state index in [0.717, 1.165) is 6.42 Å². The summed E-state index contributed by atoms with van der Waals surface area (Å²) < 4.78 is 39.2. The predicted molar refractivity (Wildman–Crippen MR) is 24.7 cm³/mol. The summed E-state index contributed by atoms with van der Waals surface area (Å²) >= 11 is 0. The topological polar surface area (TPSA) is 9.23 Å². The third kappa shape index (κ3) is 1.58. The molecular formula is C5H6F3O. The molecule has 0 aromatic rings. The van der Waals surface area contributed by atoms with Crippen molar-refractivity contribution in [3.63, 3.8) is 0 Å². The third-order valence-corrected chi connectivity index (χ3v) is 1.12. The van der Waals surface area contributed by atoms with E-state index in [1.807, 2.05) is 0 Å². The van der Waals surface area contributed by atoms with Crippen molar-refractivity contribution in [3.05, 3.63) is 6.42 Å². The second-order valence-electron chi connectivity index (χ2n) is 1.86. The van der Waals surface area contributed by atoms with Crippen LogP contribution in [-0.2, 0) is 4.74 Å². The summed E-state index contributed by atoms with van der Waals surface area (Å²) in [5.74, 6) is 0. The van der Waals surface area contributed by atoms with Gasteiger partial charge in [-0.3, -0.25) is 0 Å². The molecule has 4 heteroatoms. The average Bonchev–Trinajstić information content (AvgIpc) is 2.08. The van der Waals surface area contributed by atoms with Crippen LogP contribution in [0.1, 0.15) is 6.42 Å². The van der Waals surface area contributed by atoms with Crippen LogP contribution in [0, 0.1) is 6.42 Å². The molecule has 0 N–H and O–H groups in total. The number of halogens is 3. The molecule has 1 saturated heterocycles. The van der Waals surface area contributed by atoms with Gasteiger partial charge >= 0.3 is 6.18 Å². The molecule has 1 aliphatic rings. The quantitative estimate of drug-likeness (QED) is 0.494. The molecular weight excluding hydrogens is 133 g/mol. The van der Waals surface area contributed by atoms with E-state index in [2.05, 4.69) is 4.74 Å². The van der Waals surface area contributed by atoms with Gasteiger partial charge in [0.05, 0.1) is 0 Å². The minimum absolute atomic E-state index is 0.199. The zero-order valence-corrected chi connectivity index (χ0v) is 4.61. The maximum atomic E-state index is 11.6. The Morgan fingerprint density at radius 1 is 1.44 bits per heavy atom. The summed E-state index contributed by atoms with van der Waals surface area (Å²) in [6.45, 7) is 0.199. The molecule has 1 aliphatic heterocycles. The van der Waals surface area contributed by atoms with E-state index in [1.54, 1.807) is 0 Å². The molecule has 0 aromatic heterocycles. The first-order valence-corrected chi connectivity index (χ1v) is 2.62. The highest BCUT2D eigenvalue weighted by atomic mass is 19.4. The molecule has 1 nitrogen and oxygen atoms in total. The molecule has 0 aliphatic carbocycles. The van der Waals surface area contributed by atoms with Gasteiger partial charge in [-0.2, -0.15) is 13.2 Å². The predicted octanol–water partition coefficient (Wildman–Crippen LogP) is 1.54. The summed E-state index contributed by atoms with van der Waals surface area (Å²) in [4.78, 5) is 0. The largest absolute Gasteiger partial charge is 0.414 e. The lowest BCUT2D eigenvalue weighted by molar-refractivity contribution is -0.197. The first-order chi connectivity index (χ1) is 4.11. The fourth-order valence-electron chi connectivity index (χ4n) is 0.711. The molecule has 1 radical (unpaired) electrons. The Labute approximate surface area is 50.8 Å². The minimum atomic E-state index is -4.20. The first kappa shape index (κ1) is 6.86. The maximum Gasteiger partial charge on any atom is 0.414 e. The Morgan fingerprint density at radius 3 is 2.33 bits per heavy atom. The molecule has 1 atom stereocenters. The molecule has 0 bridgehead atoms. The monoisotopic (exact) mass is 139 g/mol. The van der Waals surface area contributed by atoms with E-state index in [0.29, 0.717) is 6.42 Å². The van der Waals surface area contributed by atoms with Crippen molar-refractivity contribution in [2.75, 3.05) is 6.61 Å². The second-order valence-corrected chi connectivity index (χ2v) is 1.86. The second kappa shape index (κ2) is 2.17. The van der Waals surface area contributed by atoms with Crippen LogP contribution in [0.4, 0.5) is 13.2 Å². The standard InChI is InChI=1S/C5H6F3O/c6-5(7,8)4-2-1-3-9-4/h2,4H,1,3H2. The molecule has 0 spiro atoms. The van der Waals surface area contributed by atoms with E-state index in [1.165, 1.54) is 0 Å². The summed E-state index contributed by atoms with van der Waals surface area (Å²) in [6.07, 6.45) is -4.27. The fourth-order valence-corrected chi connectivity index (χ4v) is 0.711. The zero-order valence-electron chi connectivity index (χ0n) is 4.61. The van der Waals surface area contributed by atoms with Gasteiger partial charge in [0.2, 0.25) is 0 Å². The summed E-state index contributed by atoms with van der Waals surface area (Å²) in [5, 5.41) is 0. The van der Waals surface area contributed by atoms with Gasteiger partial charge in [0.1, 0.15) is 0 Å². The van der Waals surface area contributed by atoms with E-state index in [-0.39, 0.29) is 6.61 Å². The van der Waals surface area contributed by atoms with Crippen LogP contribution >= 0.6 is 0 Å². The highest BCUT2D eigenvalue weighted by molar-refractivity contribution is 4.87. The van der Waals surface area contributed by atoms with Gasteiger partial charge in [-0.15, -0.1) is 0 Å². The molecule has 0 amide bonds. The van der Waals surface area contributed by atoms with Gasteiger partial charge in [0, 0.05) is 13.0 Å². The summed E-state index contributed by atoms with van der Waals surface area (Å²) in [5.41, 5.74) is 0. The van der Waals surface area contributed by atoms with Crippen molar-refractivity contribution >= 4 is 0 Å². The average molecular weight is 139 g/mol. The minimum Gasteiger partial charge on any atom is -0.368 e.